The van der Waals surface area contributed by atoms with Crippen LogP contribution in [0.25, 0.3) is 0 Å². The standard InChI is InChI=1S/C10H21N3O/c1-7(11)9-3-5-13(6-4-9)8(2)10(12)14/h7-9H,3-6,11H2,1-2H3,(H2,12,14). The highest BCUT2D eigenvalue weighted by atomic mass is 16.1. The summed E-state index contributed by atoms with van der Waals surface area (Å²) in [6, 6.07) is 0.130. The van der Waals surface area contributed by atoms with Crippen LogP contribution in [-0.4, -0.2) is 36.0 Å². The second kappa shape index (κ2) is 4.75. The Kier molecular flexibility index (Phi) is 3.89. The second-order valence-electron chi connectivity index (χ2n) is 4.31. The second-order valence-corrected chi connectivity index (χ2v) is 4.31. The number of carbonyl (C=O) groups is 1. The maximum absolute atomic E-state index is 11.0. The molecule has 14 heavy (non-hydrogen) atoms. The fourth-order valence-electron chi connectivity index (χ4n) is 2.01. The Bertz CT molecular complexity index is 198. The SMILES string of the molecule is CC(N)C1CCN(C(C)C(N)=O)CC1. The first-order valence-corrected chi connectivity index (χ1v) is 5.31. The van der Waals surface area contributed by atoms with Gasteiger partial charge in [0.15, 0.2) is 0 Å². The molecule has 4 nitrogen and oxygen atoms in total. The minimum Gasteiger partial charge on any atom is -0.368 e. The average Bonchev–Trinajstić information content (AvgIpc) is 2.16. The molecule has 4 N–H and O–H groups in total. The van der Waals surface area contributed by atoms with Crippen molar-refractivity contribution in [3.8, 4) is 0 Å². The molecule has 1 amide bonds. The zero-order chi connectivity index (χ0) is 10.7. The molecule has 0 aromatic heterocycles. The number of nitrogens with zero attached hydrogens (tertiary/aromatic N) is 1. The van der Waals surface area contributed by atoms with E-state index in [2.05, 4.69) is 11.8 Å². The van der Waals surface area contributed by atoms with Crippen molar-refractivity contribution in [1.82, 2.24) is 4.90 Å². The number of amides is 1. The summed E-state index contributed by atoms with van der Waals surface area (Å²) in [5.74, 6) is 0.371. The van der Waals surface area contributed by atoms with Crippen LogP contribution in [0.5, 0.6) is 0 Å². The lowest BCUT2D eigenvalue weighted by atomic mass is 9.90. The molecule has 2 unspecified atom stereocenters. The van der Waals surface area contributed by atoms with Crippen molar-refractivity contribution >= 4 is 5.91 Å². The first kappa shape index (κ1) is 11.5. The zero-order valence-electron chi connectivity index (χ0n) is 9.07. The van der Waals surface area contributed by atoms with Crippen molar-refractivity contribution in [1.29, 1.82) is 0 Å². The van der Waals surface area contributed by atoms with Gasteiger partial charge in [-0.15, -0.1) is 0 Å². The summed E-state index contributed by atoms with van der Waals surface area (Å²) >= 11 is 0. The Morgan fingerprint density at radius 1 is 1.36 bits per heavy atom. The van der Waals surface area contributed by atoms with Crippen LogP contribution in [0.2, 0.25) is 0 Å². The van der Waals surface area contributed by atoms with Gasteiger partial charge in [0.05, 0.1) is 6.04 Å². The topological polar surface area (TPSA) is 72.3 Å². The number of likely N-dealkylation sites (tertiary alicyclic amines) is 1. The van der Waals surface area contributed by atoms with E-state index in [0.29, 0.717) is 5.92 Å². The highest BCUT2D eigenvalue weighted by Gasteiger charge is 2.26. The van der Waals surface area contributed by atoms with E-state index in [0.717, 1.165) is 25.9 Å². The van der Waals surface area contributed by atoms with Crippen molar-refractivity contribution in [3.63, 3.8) is 0 Å². The van der Waals surface area contributed by atoms with Crippen LogP contribution in [0.4, 0.5) is 0 Å². The van der Waals surface area contributed by atoms with Gasteiger partial charge in [-0.1, -0.05) is 0 Å². The van der Waals surface area contributed by atoms with Gasteiger partial charge < -0.3 is 11.5 Å². The van der Waals surface area contributed by atoms with E-state index in [9.17, 15) is 4.79 Å². The quantitative estimate of drug-likeness (QED) is 0.667. The van der Waals surface area contributed by atoms with Gasteiger partial charge in [-0.25, -0.2) is 0 Å². The summed E-state index contributed by atoms with van der Waals surface area (Å²) in [6.07, 6.45) is 2.16. The van der Waals surface area contributed by atoms with E-state index in [1.807, 2.05) is 6.92 Å². The van der Waals surface area contributed by atoms with Crippen LogP contribution in [0.15, 0.2) is 0 Å². The Morgan fingerprint density at radius 3 is 2.21 bits per heavy atom. The maximum Gasteiger partial charge on any atom is 0.234 e. The molecule has 82 valence electrons. The fourth-order valence-corrected chi connectivity index (χ4v) is 2.01. The molecule has 0 aromatic carbocycles. The van der Waals surface area contributed by atoms with Crippen molar-refractivity contribution in [3.05, 3.63) is 0 Å². The van der Waals surface area contributed by atoms with Crippen molar-refractivity contribution in [2.24, 2.45) is 17.4 Å². The van der Waals surface area contributed by atoms with Crippen LogP contribution in [0.3, 0.4) is 0 Å². The molecule has 0 spiro atoms. The lowest BCUT2D eigenvalue weighted by Crippen LogP contribution is -2.48. The van der Waals surface area contributed by atoms with E-state index in [4.69, 9.17) is 11.5 Å². The first-order valence-electron chi connectivity index (χ1n) is 5.31. The highest BCUT2D eigenvalue weighted by molar-refractivity contribution is 5.79. The summed E-state index contributed by atoms with van der Waals surface area (Å²) in [7, 11) is 0. The predicted octanol–water partition coefficient (Wildman–Crippen LogP) is -0.0806. The third-order valence-corrected chi connectivity index (χ3v) is 3.28. The molecule has 1 heterocycles. The first-order chi connectivity index (χ1) is 6.52. The largest absolute Gasteiger partial charge is 0.368 e. The Hall–Kier alpha value is -0.610. The summed E-state index contributed by atoms with van der Waals surface area (Å²) in [5.41, 5.74) is 11.1. The third-order valence-electron chi connectivity index (χ3n) is 3.28. The van der Waals surface area contributed by atoms with Crippen LogP contribution in [-0.2, 0) is 4.79 Å². The molecule has 1 aliphatic rings. The number of nitrogens with two attached hydrogens (primary N) is 2. The monoisotopic (exact) mass is 199 g/mol. The van der Waals surface area contributed by atoms with Crippen LogP contribution in [0.1, 0.15) is 26.7 Å². The van der Waals surface area contributed by atoms with Gasteiger partial charge in [-0.3, -0.25) is 9.69 Å². The van der Waals surface area contributed by atoms with Gasteiger partial charge in [0, 0.05) is 6.04 Å². The fraction of sp³-hybridized carbons (Fsp3) is 0.900. The van der Waals surface area contributed by atoms with Gasteiger partial charge in [0.2, 0.25) is 5.91 Å². The zero-order valence-corrected chi connectivity index (χ0v) is 9.07. The van der Waals surface area contributed by atoms with E-state index in [1.54, 1.807) is 0 Å². The van der Waals surface area contributed by atoms with Crippen LogP contribution >= 0.6 is 0 Å². The smallest absolute Gasteiger partial charge is 0.234 e. The van der Waals surface area contributed by atoms with Crippen LogP contribution in [0, 0.1) is 5.92 Å². The summed E-state index contributed by atoms with van der Waals surface area (Å²) in [5, 5.41) is 0. The lowest BCUT2D eigenvalue weighted by Gasteiger charge is -2.36. The molecule has 0 bridgehead atoms. The third kappa shape index (κ3) is 2.69. The van der Waals surface area contributed by atoms with Crippen molar-refractivity contribution < 1.29 is 4.79 Å². The van der Waals surface area contributed by atoms with E-state index in [-0.39, 0.29) is 18.0 Å². The number of primary amides is 1. The molecule has 2 atom stereocenters. The molecular weight excluding hydrogens is 178 g/mol. The van der Waals surface area contributed by atoms with E-state index >= 15 is 0 Å². The summed E-state index contributed by atoms with van der Waals surface area (Å²) in [4.78, 5) is 13.1. The number of piperidine rings is 1. The normalized spacial score (nSPS) is 24.5. The Balaban J connectivity index is 2.39. The molecule has 0 radical (unpaired) electrons. The molecule has 4 heteroatoms. The maximum atomic E-state index is 11.0. The highest BCUT2D eigenvalue weighted by Crippen LogP contribution is 2.20. The van der Waals surface area contributed by atoms with Gasteiger partial charge >= 0.3 is 0 Å². The number of hydrogen-bond donors (Lipinski definition) is 2. The molecule has 1 fully saturated rings. The lowest BCUT2D eigenvalue weighted by molar-refractivity contribution is -0.123. The molecule has 1 aliphatic heterocycles. The number of rotatable bonds is 3. The number of hydrogen-bond acceptors (Lipinski definition) is 3. The Labute approximate surface area is 85.6 Å². The van der Waals surface area contributed by atoms with Crippen molar-refractivity contribution in [2.45, 2.75) is 38.8 Å². The predicted molar refractivity (Wildman–Crippen MR) is 56.6 cm³/mol. The minimum absolute atomic E-state index is 0.135. The van der Waals surface area contributed by atoms with Gasteiger partial charge in [-0.05, 0) is 45.7 Å². The van der Waals surface area contributed by atoms with Crippen molar-refractivity contribution in [2.75, 3.05) is 13.1 Å². The van der Waals surface area contributed by atoms with Gasteiger partial charge in [0.1, 0.15) is 0 Å². The van der Waals surface area contributed by atoms with Crippen LogP contribution < -0.4 is 11.5 Å². The molecule has 1 saturated heterocycles. The summed E-state index contributed by atoms with van der Waals surface area (Å²) < 4.78 is 0. The molecule has 0 saturated carbocycles. The Morgan fingerprint density at radius 2 is 1.86 bits per heavy atom. The molecule has 1 rings (SSSR count). The molecule has 0 aliphatic carbocycles. The minimum atomic E-state index is -0.232. The van der Waals surface area contributed by atoms with E-state index < -0.39 is 0 Å². The van der Waals surface area contributed by atoms with Gasteiger partial charge in [-0.2, -0.15) is 0 Å². The average molecular weight is 199 g/mol. The number of carbonyl (C=O) groups excluding carboxylic acids is 1. The summed E-state index contributed by atoms with van der Waals surface area (Å²) in [6.45, 7) is 5.80. The van der Waals surface area contributed by atoms with E-state index in [1.165, 1.54) is 0 Å². The van der Waals surface area contributed by atoms with Gasteiger partial charge in [0.25, 0.3) is 0 Å². The molecular formula is C10H21N3O. The molecule has 0 aromatic rings.